The fraction of sp³-hybridized carbons (Fsp3) is 0.333. The monoisotopic (exact) mass is 429 g/mol. The lowest BCUT2D eigenvalue weighted by atomic mass is 10.1. The minimum absolute atomic E-state index is 0.0188. The van der Waals surface area contributed by atoms with E-state index < -0.39 is 18.6 Å². The fourth-order valence-electron chi connectivity index (χ4n) is 2.87. The van der Waals surface area contributed by atoms with E-state index in [1.54, 1.807) is 13.8 Å². The Morgan fingerprint density at radius 1 is 1.17 bits per heavy atom. The third-order valence-electron chi connectivity index (χ3n) is 4.27. The third-order valence-corrected chi connectivity index (χ3v) is 4.27. The van der Waals surface area contributed by atoms with Gasteiger partial charge in [0.15, 0.2) is 0 Å². The topological polar surface area (TPSA) is 81.4 Å². The van der Waals surface area contributed by atoms with Crippen LogP contribution in [0, 0.1) is 13.8 Å². The molecule has 0 saturated carbocycles. The predicted molar refractivity (Wildman–Crippen MR) is 95.3 cm³/mol. The van der Waals surface area contributed by atoms with Gasteiger partial charge >= 0.3 is 12.8 Å². The maximum atomic E-state index is 12.8. The van der Waals surface area contributed by atoms with Gasteiger partial charge < -0.3 is 10.1 Å². The largest absolute Gasteiger partial charge is 0.453 e. The highest BCUT2D eigenvalue weighted by Gasteiger charge is 2.36. The Morgan fingerprint density at radius 3 is 2.43 bits per heavy atom. The first-order valence-corrected chi connectivity index (χ1v) is 8.69. The van der Waals surface area contributed by atoms with Crippen molar-refractivity contribution in [2.24, 2.45) is 0 Å². The Kier molecular flexibility index (Phi) is 5.85. The molecule has 0 atom stereocenters. The lowest BCUT2D eigenvalue weighted by Gasteiger charge is -2.11. The average molecular weight is 429 g/mol. The van der Waals surface area contributed by atoms with Gasteiger partial charge in [-0.2, -0.15) is 26.9 Å². The van der Waals surface area contributed by atoms with E-state index >= 15 is 0 Å². The molecule has 0 bridgehead atoms. The molecule has 0 radical (unpaired) electrons. The van der Waals surface area contributed by atoms with Crippen LogP contribution < -0.4 is 10.1 Å². The van der Waals surface area contributed by atoms with Crippen LogP contribution in [0.25, 0.3) is 5.78 Å². The van der Waals surface area contributed by atoms with Crippen LogP contribution in [0.3, 0.4) is 0 Å². The molecule has 2 heterocycles. The number of nitrogens with one attached hydrogen (secondary N) is 1. The Labute approximate surface area is 166 Å². The van der Waals surface area contributed by atoms with Crippen molar-refractivity contribution in [1.29, 1.82) is 0 Å². The molecule has 0 spiro atoms. The molecule has 1 N–H and O–H groups in total. The highest BCUT2D eigenvalue weighted by Crippen LogP contribution is 2.27. The van der Waals surface area contributed by atoms with Crippen LogP contribution in [0.4, 0.5) is 27.6 Å². The molecule has 0 aliphatic rings. The summed E-state index contributed by atoms with van der Waals surface area (Å²) in [6, 6.07) is 5.40. The quantitative estimate of drug-likeness (QED) is 0.601. The zero-order valence-electron chi connectivity index (χ0n) is 15.8. The van der Waals surface area contributed by atoms with Crippen LogP contribution in [-0.2, 0) is 17.4 Å². The molecule has 3 aromatic rings. The Balaban J connectivity index is 1.69. The van der Waals surface area contributed by atoms with Crippen molar-refractivity contribution >= 4 is 17.4 Å². The number of fused-ring (bicyclic) bond motifs is 1. The number of nitrogens with zero attached hydrogens (tertiary/aromatic N) is 4. The Morgan fingerprint density at radius 2 is 1.83 bits per heavy atom. The van der Waals surface area contributed by atoms with Gasteiger partial charge in [0.25, 0.3) is 11.6 Å². The minimum atomic E-state index is -4.69. The Bertz CT molecular complexity index is 1060. The normalized spacial score (nSPS) is 11.9. The molecule has 1 amide bonds. The smallest absolute Gasteiger partial charge is 0.435 e. The molecule has 0 aliphatic heterocycles. The summed E-state index contributed by atoms with van der Waals surface area (Å²) in [6.07, 6.45) is -4.46. The van der Waals surface area contributed by atoms with Crippen molar-refractivity contribution in [2.75, 3.05) is 5.32 Å². The van der Waals surface area contributed by atoms with E-state index in [-0.39, 0.29) is 30.3 Å². The predicted octanol–water partition coefficient (Wildman–Crippen LogP) is 3.93. The number of benzene rings is 1. The van der Waals surface area contributed by atoms with E-state index in [1.165, 1.54) is 24.3 Å². The second kappa shape index (κ2) is 8.20. The first-order valence-electron chi connectivity index (χ1n) is 8.69. The Hall–Kier alpha value is -3.31. The number of rotatable bonds is 6. The van der Waals surface area contributed by atoms with E-state index in [0.717, 1.165) is 4.52 Å². The highest BCUT2D eigenvalue weighted by molar-refractivity contribution is 5.90. The number of anilines is 1. The maximum absolute atomic E-state index is 12.8. The van der Waals surface area contributed by atoms with Gasteiger partial charge in [-0.05, 0) is 50.1 Å². The zero-order chi connectivity index (χ0) is 22.1. The number of amides is 1. The standard InChI is InChI=1S/C18H16F5N5O2/c1-9-13(10(2)28-17(24-9)26-15(27-28)18(21,22)23)7-8-14(29)25-11-3-5-12(6-4-11)30-16(19)20/h3-6,16H,7-8H2,1-2H3,(H,25,29). The summed E-state index contributed by atoms with van der Waals surface area (Å²) in [5.74, 6) is -1.87. The SMILES string of the molecule is Cc1nc2nc(C(F)(F)F)nn2c(C)c1CCC(=O)Nc1ccc(OC(F)F)cc1. The summed E-state index contributed by atoms with van der Waals surface area (Å²) in [6.45, 7) is 0.245. The van der Waals surface area contributed by atoms with Crippen molar-refractivity contribution in [1.82, 2.24) is 19.6 Å². The number of hydrogen-bond acceptors (Lipinski definition) is 5. The number of ether oxygens (including phenoxy) is 1. The number of halogens is 5. The average Bonchev–Trinajstić information content (AvgIpc) is 3.07. The third kappa shape index (κ3) is 4.81. The van der Waals surface area contributed by atoms with E-state index in [9.17, 15) is 26.7 Å². The summed E-state index contributed by atoms with van der Waals surface area (Å²) < 4.78 is 68.1. The van der Waals surface area contributed by atoms with Crippen LogP contribution in [0.15, 0.2) is 24.3 Å². The molecule has 30 heavy (non-hydrogen) atoms. The van der Waals surface area contributed by atoms with Gasteiger partial charge in [0, 0.05) is 23.5 Å². The molecule has 160 valence electrons. The molecule has 12 heteroatoms. The molecular formula is C18H16F5N5O2. The number of carbonyl (C=O) groups excluding carboxylic acids is 1. The highest BCUT2D eigenvalue weighted by atomic mass is 19.4. The van der Waals surface area contributed by atoms with E-state index in [2.05, 4.69) is 25.1 Å². The number of carbonyl (C=O) groups is 1. The lowest BCUT2D eigenvalue weighted by molar-refractivity contribution is -0.144. The summed E-state index contributed by atoms with van der Waals surface area (Å²) in [5.41, 5.74) is 1.82. The van der Waals surface area contributed by atoms with E-state index in [4.69, 9.17) is 0 Å². The summed E-state index contributed by atoms with van der Waals surface area (Å²) in [5, 5.41) is 6.07. The van der Waals surface area contributed by atoms with Crippen LogP contribution in [0.2, 0.25) is 0 Å². The van der Waals surface area contributed by atoms with Crippen LogP contribution in [0.1, 0.15) is 29.2 Å². The van der Waals surface area contributed by atoms with Crippen molar-refractivity contribution in [3.05, 3.63) is 47.0 Å². The van der Waals surface area contributed by atoms with Gasteiger partial charge in [0.2, 0.25) is 5.91 Å². The zero-order valence-corrected chi connectivity index (χ0v) is 15.8. The van der Waals surface area contributed by atoms with Crippen molar-refractivity contribution in [2.45, 2.75) is 39.5 Å². The van der Waals surface area contributed by atoms with Crippen molar-refractivity contribution in [3.63, 3.8) is 0 Å². The summed E-state index contributed by atoms with van der Waals surface area (Å²) in [7, 11) is 0. The first kappa shape index (κ1) is 21.4. The summed E-state index contributed by atoms with van der Waals surface area (Å²) in [4.78, 5) is 19.7. The van der Waals surface area contributed by atoms with Crippen LogP contribution >= 0.6 is 0 Å². The van der Waals surface area contributed by atoms with E-state index in [0.29, 0.717) is 22.6 Å². The molecule has 1 aromatic carbocycles. The van der Waals surface area contributed by atoms with Gasteiger partial charge in [-0.15, -0.1) is 5.10 Å². The number of aromatic nitrogens is 4. The van der Waals surface area contributed by atoms with Crippen LogP contribution in [0.5, 0.6) is 5.75 Å². The second-order valence-electron chi connectivity index (χ2n) is 6.36. The molecule has 0 fully saturated rings. The maximum Gasteiger partial charge on any atom is 0.453 e. The molecular weight excluding hydrogens is 413 g/mol. The van der Waals surface area contributed by atoms with Crippen molar-refractivity contribution < 1.29 is 31.5 Å². The number of alkyl halides is 5. The number of aryl methyl sites for hydroxylation is 2. The number of hydrogen-bond donors (Lipinski definition) is 1. The molecule has 0 unspecified atom stereocenters. The molecule has 2 aromatic heterocycles. The summed E-state index contributed by atoms with van der Waals surface area (Å²) >= 11 is 0. The van der Waals surface area contributed by atoms with Gasteiger partial charge in [0.1, 0.15) is 5.75 Å². The van der Waals surface area contributed by atoms with E-state index in [1.807, 2.05) is 0 Å². The van der Waals surface area contributed by atoms with Crippen LogP contribution in [-0.4, -0.2) is 32.1 Å². The van der Waals surface area contributed by atoms with Gasteiger partial charge in [-0.1, -0.05) is 0 Å². The lowest BCUT2D eigenvalue weighted by Crippen LogP contribution is -2.14. The first-order chi connectivity index (χ1) is 14.0. The second-order valence-corrected chi connectivity index (χ2v) is 6.36. The molecule has 7 nitrogen and oxygen atoms in total. The van der Waals surface area contributed by atoms with Gasteiger partial charge in [-0.3, -0.25) is 4.79 Å². The molecule has 0 saturated heterocycles. The fourth-order valence-corrected chi connectivity index (χ4v) is 2.87. The van der Waals surface area contributed by atoms with Gasteiger partial charge in [-0.25, -0.2) is 9.50 Å². The van der Waals surface area contributed by atoms with Crippen molar-refractivity contribution in [3.8, 4) is 5.75 Å². The molecule has 0 aliphatic carbocycles. The molecule has 3 rings (SSSR count). The minimum Gasteiger partial charge on any atom is -0.435 e. The van der Waals surface area contributed by atoms with Gasteiger partial charge in [0.05, 0.1) is 0 Å².